The van der Waals surface area contributed by atoms with Gasteiger partial charge in [0.2, 0.25) is 0 Å². The van der Waals surface area contributed by atoms with Crippen LogP contribution in [0.3, 0.4) is 0 Å². The third-order valence-electron chi connectivity index (χ3n) is 3.09. The molecule has 0 fully saturated rings. The Balaban J connectivity index is 1.53. The molecule has 3 aromatic rings. The normalized spacial score (nSPS) is 10.3. The van der Waals surface area contributed by atoms with E-state index in [1.807, 2.05) is 30.3 Å². The van der Waals surface area contributed by atoms with Crippen LogP contribution in [0.25, 0.3) is 5.82 Å². The van der Waals surface area contributed by atoms with Crippen LogP contribution in [0.4, 0.5) is 0 Å². The molecule has 7 nitrogen and oxygen atoms in total. The Hall–Kier alpha value is -3.22. The lowest BCUT2D eigenvalue weighted by Gasteiger charge is -2.08. The quantitative estimate of drug-likeness (QED) is 0.697. The van der Waals surface area contributed by atoms with Crippen LogP contribution in [0.2, 0.25) is 0 Å². The van der Waals surface area contributed by atoms with Crippen LogP contribution >= 0.6 is 0 Å². The minimum atomic E-state index is -0.182. The van der Waals surface area contributed by atoms with Gasteiger partial charge in [-0.05, 0) is 24.3 Å². The number of hydrogen-bond acceptors (Lipinski definition) is 5. The van der Waals surface area contributed by atoms with Gasteiger partial charge in [-0.2, -0.15) is 0 Å². The van der Waals surface area contributed by atoms with Crippen molar-refractivity contribution in [1.29, 1.82) is 0 Å². The fourth-order valence-electron chi connectivity index (χ4n) is 1.97. The van der Waals surface area contributed by atoms with Crippen LogP contribution in [0.1, 0.15) is 10.4 Å². The Morgan fingerprint density at radius 2 is 1.91 bits per heavy atom. The second kappa shape index (κ2) is 7.17. The van der Waals surface area contributed by atoms with Crippen molar-refractivity contribution in [2.45, 2.75) is 0 Å². The molecule has 7 heteroatoms. The van der Waals surface area contributed by atoms with Gasteiger partial charge >= 0.3 is 0 Å². The summed E-state index contributed by atoms with van der Waals surface area (Å²) in [6.45, 7) is 0.817. The van der Waals surface area contributed by atoms with Gasteiger partial charge in [-0.1, -0.05) is 18.2 Å². The monoisotopic (exact) mass is 309 g/mol. The fourth-order valence-corrected chi connectivity index (χ4v) is 1.97. The van der Waals surface area contributed by atoms with Crippen LogP contribution in [0.5, 0.6) is 5.75 Å². The molecule has 3 rings (SSSR count). The molecule has 1 amide bonds. The molecule has 0 unspecified atom stereocenters. The summed E-state index contributed by atoms with van der Waals surface area (Å²) in [5.74, 6) is 1.18. The van der Waals surface area contributed by atoms with Crippen LogP contribution in [-0.4, -0.2) is 38.8 Å². The summed E-state index contributed by atoms with van der Waals surface area (Å²) in [6.07, 6.45) is 4.63. The maximum absolute atomic E-state index is 12.1. The van der Waals surface area contributed by atoms with Gasteiger partial charge in [-0.25, -0.2) is 4.98 Å². The molecule has 2 heterocycles. The van der Waals surface area contributed by atoms with Crippen LogP contribution in [-0.2, 0) is 0 Å². The minimum absolute atomic E-state index is 0.182. The number of aromatic nitrogens is 4. The number of hydrogen-bond donors (Lipinski definition) is 1. The molecule has 1 aromatic carbocycles. The predicted octanol–water partition coefficient (Wildman–Crippen LogP) is 1.47. The van der Waals surface area contributed by atoms with Crippen LogP contribution < -0.4 is 10.1 Å². The number of ether oxygens (including phenoxy) is 1. The van der Waals surface area contributed by atoms with Gasteiger partial charge in [0.05, 0.1) is 6.54 Å². The number of rotatable bonds is 6. The number of amides is 1. The molecule has 2 aromatic heterocycles. The summed E-state index contributed by atoms with van der Waals surface area (Å²) in [7, 11) is 0. The Labute approximate surface area is 133 Å². The van der Waals surface area contributed by atoms with Crippen molar-refractivity contribution in [2.24, 2.45) is 0 Å². The van der Waals surface area contributed by atoms with Crippen LogP contribution in [0.15, 0.2) is 61.3 Å². The van der Waals surface area contributed by atoms with Gasteiger partial charge in [0.15, 0.2) is 0 Å². The van der Waals surface area contributed by atoms with Crippen molar-refractivity contribution in [3.05, 3.63) is 66.9 Å². The van der Waals surface area contributed by atoms with Crippen molar-refractivity contribution < 1.29 is 9.53 Å². The largest absolute Gasteiger partial charge is 0.492 e. The number of para-hydroxylation sites is 1. The number of carbonyl (C=O) groups excluding carboxylic acids is 1. The Morgan fingerprint density at radius 1 is 1.13 bits per heavy atom. The number of nitrogens with zero attached hydrogens (tertiary/aromatic N) is 4. The molecule has 0 spiro atoms. The summed E-state index contributed by atoms with van der Waals surface area (Å²) < 4.78 is 7.16. The Morgan fingerprint density at radius 3 is 2.70 bits per heavy atom. The van der Waals surface area contributed by atoms with Gasteiger partial charge in [0.25, 0.3) is 5.91 Å². The summed E-state index contributed by atoms with van der Waals surface area (Å²) in [5.41, 5.74) is 0.517. The first-order valence-electron chi connectivity index (χ1n) is 7.10. The summed E-state index contributed by atoms with van der Waals surface area (Å²) in [5, 5.41) is 10.2. The third-order valence-corrected chi connectivity index (χ3v) is 3.09. The molecule has 0 atom stereocenters. The van der Waals surface area contributed by atoms with Gasteiger partial charge in [0.1, 0.15) is 30.8 Å². The maximum Gasteiger partial charge on any atom is 0.251 e. The van der Waals surface area contributed by atoms with Crippen molar-refractivity contribution in [2.75, 3.05) is 13.2 Å². The molecule has 23 heavy (non-hydrogen) atoms. The number of pyridine rings is 1. The zero-order valence-corrected chi connectivity index (χ0v) is 12.3. The van der Waals surface area contributed by atoms with E-state index in [0.717, 1.165) is 5.75 Å². The van der Waals surface area contributed by atoms with Crippen molar-refractivity contribution in [3.8, 4) is 11.6 Å². The van der Waals surface area contributed by atoms with Gasteiger partial charge in [0, 0.05) is 11.8 Å². The van der Waals surface area contributed by atoms with E-state index in [1.165, 1.54) is 12.7 Å². The minimum Gasteiger partial charge on any atom is -0.492 e. The SMILES string of the molecule is O=C(NCCOc1ccccc1)c1ccnc(-n2cnnc2)c1. The lowest BCUT2D eigenvalue weighted by molar-refractivity contribution is 0.0947. The van der Waals surface area contributed by atoms with E-state index in [2.05, 4.69) is 20.5 Å². The molecule has 0 aliphatic heterocycles. The summed E-state index contributed by atoms with van der Waals surface area (Å²) in [4.78, 5) is 16.3. The molecule has 0 saturated carbocycles. The average Bonchev–Trinajstić information content (AvgIpc) is 3.14. The zero-order chi connectivity index (χ0) is 15.9. The molecular formula is C16H15N5O2. The van der Waals surface area contributed by atoms with Crippen molar-refractivity contribution in [3.63, 3.8) is 0 Å². The van der Waals surface area contributed by atoms with E-state index < -0.39 is 0 Å². The summed E-state index contributed by atoms with van der Waals surface area (Å²) in [6, 6.07) is 12.8. The third kappa shape index (κ3) is 3.91. The molecule has 1 N–H and O–H groups in total. The van der Waals surface area contributed by atoms with E-state index in [9.17, 15) is 4.79 Å². The lowest BCUT2D eigenvalue weighted by atomic mass is 10.2. The summed E-state index contributed by atoms with van der Waals surface area (Å²) >= 11 is 0. The van der Waals surface area contributed by atoms with Gasteiger partial charge in [-0.3, -0.25) is 9.36 Å². The van der Waals surface area contributed by atoms with Crippen LogP contribution in [0, 0.1) is 0 Å². The van der Waals surface area contributed by atoms with Crippen molar-refractivity contribution in [1.82, 2.24) is 25.1 Å². The van der Waals surface area contributed by atoms with E-state index in [1.54, 1.807) is 22.9 Å². The Kier molecular flexibility index (Phi) is 4.58. The fraction of sp³-hybridized carbons (Fsp3) is 0.125. The van der Waals surface area contributed by atoms with E-state index in [4.69, 9.17) is 4.74 Å². The van der Waals surface area contributed by atoms with Crippen molar-refractivity contribution >= 4 is 5.91 Å². The second-order valence-corrected chi connectivity index (χ2v) is 4.69. The lowest BCUT2D eigenvalue weighted by Crippen LogP contribution is -2.28. The standard InChI is InChI=1S/C16H15N5O2/c22-16(18-8-9-23-14-4-2-1-3-5-14)13-6-7-17-15(10-13)21-11-19-20-12-21/h1-7,10-12H,8-9H2,(H,18,22). The topological polar surface area (TPSA) is 81.9 Å². The molecule has 116 valence electrons. The second-order valence-electron chi connectivity index (χ2n) is 4.69. The predicted molar refractivity (Wildman–Crippen MR) is 83.4 cm³/mol. The molecule has 0 radical (unpaired) electrons. The highest BCUT2D eigenvalue weighted by molar-refractivity contribution is 5.94. The highest BCUT2D eigenvalue weighted by Gasteiger charge is 2.07. The zero-order valence-electron chi connectivity index (χ0n) is 12.3. The maximum atomic E-state index is 12.1. The van der Waals surface area contributed by atoms with E-state index in [-0.39, 0.29) is 5.91 Å². The molecule has 0 aliphatic rings. The molecule has 0 saturated heterocycles. The molecular weight excluding hydrogens is 294 g/mol. The van der Waals surface area contributed by atoms with Gasteiger partial charge < -0.3 is 10.1 Å². The first-order valence-corrected chi connectivity index (χ1v) is 7.10. The Bertz CT molecular complexity index is 759. The highest BCUT2D eigenvalue weighted by atomic mass is 16.5. The smallest absolute Gasteiger partial charge is 0.251 e. The average molecular weight is 309 g/mol. The van der Waals surface area contributed by atoms with E-state index in [0.29, 0.717) is 24.5 Å². The first kappa shape index (κ1) is 14.7. The number of nitrogens with one attached hydrogen (secondary N) is 1. The molecule has 0 aliphatic carbocycles. The number of benzene rings is 1. The number of carbonyl (C=O) groups is 1. The van der Waals surface area contributed by atoms with Gasteiger partial charge in [-0.15, -0.1) is 10.2 Å². The highest BCUT2D eigenvalue weighted by Crippen LogP contribution is 2.08. The first-order chi connectivity index (χ1) is 11.3. The molecule has 0 bridgehead atoms. The van der Waals surface area contributed by atoms with E-state index >= 15 is 0 Å².